The Bertz CT molecular complexity index is 1890. The minimum absolute atomic E-state index is 0. The second-order valence-corrected chi connectivity index (χ2v) is 16.4. The molecule has 2 fully saturated rings. The molecule has 4 atom stereocenters. The first-order chi connectivity index (χ1) is 25.1. The number of β-lactam (4-membered cyclic amide) rings is 1. The van der Waals surface area contributed by atoms with Crippen LogP contribution in [0.3, 0.4) is 0 Å². The zero-order chi connectivity index (χ0) is 36.7. The molecule has 0 spiro atoms. The van der Waals surface area contributed by atoms with E-state index < -0.39 is 60.0 Å². The standard InChI is InChI=1S/C20H21N6O6S.C18H15P.Au/c1-20(2)14(18(29)30)26-16(28)13(17(26)33-20)22-15(27)12(10-6-4-3-5-7-10)23-19(31)32-9-11-8-21-25-24-11;1-4-10-16(11-5-1)19(17-12-6-2-7-13-17)18-14-8-3-9-15-18;/h3-7,12-14,17H,9H2,1-2H3,(H,22,27)(H,23,31)(H,29,30)(H,21,24,25);1-15H;/q-1;;+1/t12-,13-,14+,17-;;/m1../s1. The van der Waals surface area contributed by atoms with Crippen molar-refractivity contribution in [3.05, 3.63) is 139 Å². The van der Waals surface area contributed by atoms with E-state index in [1.807, 2.05) is 0 Å². The Labute approximate surface area is 327 Å². The van der Waals surface area contributed by atoms with Crippen LogP contribution < -0.4 is 26.5 Å². The fourth-order valence-corrected chi connectivity index (χ4v) is 9.99. The molecular weight excluding hydrogens is 896 g/mol. The summed E-state index contributed by atoms with van der Waals surface area (Å²) in [5.74, 6) is -2.19. The molecule has 4 aromatic carbocycles. The fraction of sp³-hybridized carbons (Fsp3) is 0.211. The summed E-state index contributed by atoms with van der Waals surface area (Å²) in [5, 5.41) is 27.8. The summed E-state index contributed by atoms with van der Waals surface area (Å²) in [6.07, 6.45) is 1.63. The van der Waals surface area contributed by atoms with E-state index in [1.165, 1.54) is 32.6 Å². The van der Waals surface area contributed by atoms with Gasteiger partial charge in [0.05, 0.1) is 0 Å². The number of aromatic nitrogens is 3. The Hall–Kier alpha value is -4.78. The maximum Gasteiger partial charge on any atom is 1.00 e. The van der Waals surface area contributed by atoms with Gasteiger partial charge in [0.15, 0.2) is 0 Å². The van der Waals surface area contributed by atoms with Crippen LogP contribution in [0.1, 0.15) is 31.1 Å². The number of rotatable bonds is 10. The number of aromatic amines is 1. The van der Waals surface area contributed by atoms with Gasteiger partial charge in [-0.1, -0.05) is 127 Å². The van der Waals surface area contributed by atoms with Crippen molar-refractivity contribution in [3.8, 4) is 0 Å². The summed E-state index contributed by atoms with van der Waals surface area (Å²) >= 11 is 1.31. The number of aliphatic carboxylic acids is 1. The van der Waals surface area contributed by atoms with Crippen LogP contribution in [0.4, 0.5) is 4.79 Å². The molecule has 7 rings (SSSR count). The van der Waals surface area contributed by atoms with E-state index in [0.717, 1.165) is 0 Å². The minimum atomic E-state index is -1.14. The summed E-state index contributed by atoms with van der Waals surface area (Å²) < 4.78 is 4.36. The molecule has 3 heterocycles. The topological polar surface area (TPSA) is 167 Å². The molecule has 0 saturated carbocycles. The van der Waals surface area contributed by atoms with Gasteiger partial charge in [0.1, 0.15) is 30.1 Å². The van der Waals surface area contributed by atoms with Crippen LogP contribution in [0.5, 0.6) is 0 Å². The molecule has 4 N–H and O–H groups in total. The van der Waals surface area contributed by atoms with Crippen LogP contribution >= 0.6 is 19.7 Å². The molecule has 0 unspecified atom stereocenters. The molecule has 0 aliphatic carbocycles. The number of nitrogens with zero attached hydrogens (tertiary/aromatic N) is 3. The van der Waals surface area contributed by atoms with Crippen LogP contribution in [-0.4, -0.2) is 71.5 Å². The number of ether oxygens (including phenoxy) is 1. The van der Waals surface area contributed by atoms with Gasteiger partial charge in [0.25, 0.3) is 0 Å². The Kier molecular flexibility index (Phi) is 13.3. The van der Waals surface area contributed by atoms with E-state index >= 15 is 0 Å². The molecule has 15 heteroatoms. The van der Waals surface area contributed by atoms with Crippen molar-refractivity contribution in [2.75, 3.05) is 0 Å². The number of thioether (sulfide) groups is 1. The van der Waals surface area contributed by atoms with Crippen molar-refractivity contribution >= 4 is 59.5 Å². The van der Waals surface area contributed by atoms with Crippen molar-refractivity contribution in [2.45, 2.75) is 48.7 Å². The van der Waals surface area contributed by atoms with Crippen LogP contribution in [0.2, 0.25) is 0 Å². The number of carbonyl (C=O) groups is 4. The number of fused-ring (bicyclic) bond motifs is 1. The van der Waals surface area contributed by atoms with E-state index in [-0.39, 0.29) is 29.0 Å². The molecule has 1 aromatic heterocycles. The second kappa shape index (κ2) is 17.8. The number of carboxylic acid groups (broad SMARTS) is 1. The van der Waals surface area contributed by atoms with Gasteiger partial charge in [-0.05, 0) is 43.2 Å². The number of carbonyl (C=O) groups excluding carboxylic acids is 3. The zero-order valence-corrected chi connectivity index (χ0v) is 32.4. The third-order valence-corrected chi connectivity index (χ3v) is 12.5. The van der Waals surface area contributed by atoms with Gasteiger partial charge >= 0.3 is 34.4 Å². The monoisotopic (exact) mass is 932 g/mol. The Morgan fingerprint density at radius 1 is 0.906 bits per heavy atom. The van der Waals surface area contributed by atoms with E-state index in [2.05, 4.69) is 123 Å². The number of alkyl carbamates (subject to hydrolysis) is 1. The summed E-state index contributed by atoms with van der Waals surface area (Å²) in [5.41, 5.74) is 0.827. The first kappa shape index (κ1) is 39.4. The molecular formula is C38H36AuN6O6PS. The molecule has 12 nitrogen and oxygen atoms in total. The minimum Gasteiger partial charge on any atom is -0.480 e. The van der Waals surface area contributed by atoms with Crippen molar-refractivity contribution in [3.63, 3.8) is 0 Å². The molecule has 2 aliphatic heterocycles. The molecule has 2 aliphatic rings. The number of hydrogen-bond acceptors (Lipinski definition) is 8. The van der Waals surface area contributed by atoms with Crippen molar-refractivity contribution < 1.29 is 51.4 Å². The third-order valence-electron chi connectivity index (χ3n) is 8.44. The predicted octanol–water partition coefficient (Wildman–Crippen LogP) is 3.65. The normalized spacial score (nSPS) is 18.6. The molecule has 276 valence electrons. The number of carboxylic acids is 1. The van der Waals surface area contributed by atoms with Crippen LogP contribution in [0, 0.1) is 6.20 Å². The van der Waals surface area contributed by atoms with Gasteiger partial charge < -0.3 is 36.7 Å². The fourth-order valence-electron chi connectivity index (χ4n) is 6.06. The predicted molar refractivity (Wildman–Crippen MR) is 199 cm³/mol. The summed E-state index contributed by atoms with van der Waals surface area (Å²) in [6, 6.07) is 37.8. The summed E-state index contributed by atoms with van der Waals surface area (Å²) in [6.45, 7) is 3.32. The number of amides is 3. The van der Waals surface area contributed by atoms with E-state index in [0.29, 0.717) is 11.3 Å². The van der Waals surface area contributed by atoms with Gasteiger partial charge in [-0.2, -0.15) is 0 Å². The van der Waals surface area contributed by atoms with Crippen LogP contribution in [0.15, 0.2) is 121 Å². The van der Waals surface area contributed by atoms with Gasteiger partial charge in [-0.25, -0.2) is 9.59 Å². The first-order valence-corrected chi connectivity index (χ1v) is 18.6. The maximum atomic E-state index is 13.1. The Morgan fingerprint density at radius 2 is 1.42 bits per heavy atom. The average Bonchev–Trinajstić information content (AvgIpc) is 3.78. The van der Waals surface area contributed by atoms with Crippen molar-refractivity contribution in [1.29, 1.82) is 0 Å². The Balaban J connectivity index is 0.000000230. The average molecular weight is 933 g/mol. The molecule has 5 aromatic rings. The Morgan fingerprint density at radius 3 is 1.89 bits per heavy atom. The van der Waals surface area contributed by atoms with Gasteiger partial charge in [-0.15, -0.1) is 17.0 Å². The largest absolute Gasteiger partial charge is 1.00 e. The van der Waals surface area contributed by atoms with Crippen molar-refractivity contribution in [2.24, 2.45) is 0 Å². The van der Waals surface area contributed by atoms with Crippen molar-refractivity contribution in [1.82, 2.24) is 30.9 Å². The van der Waals surface area contributed by atoms with E-state index in [4.69, 9.17) is 4.74 Å². The van der Waals surface area contributed by atoms with Crippen LogP contribution in [0.25, 0.3) is 0 Å². The SMILES string of the molecule is CC1(C)S[C@@H]2[C@H](NC(=O)[C@H](NC(=O)OCc3[c-]nn[nH]3)c3ccccc3)C(=O)N2[C@H]1C(=O)O.[Au+].c1ccc(P(c2ccccc2)c2ccccc2)cc1. The number of H-pyrrole nitrogens is 1. The zero-order valence-electron chi connectivity index (χ0n) is 28.6. The molecule has 2 saturated heterocycles. The van der Waals surface area contributed by atoms with Crippen LogP contribution in [-0.2, 0) is 48.1 Å². The van der Waals surface area contributed by atoms with E-state index in [9.17, 15) is 24.3 Å². The maximum absolute atomic E-state index is 13.1. The van der Waals surface area contributed by atoms with Gasteiger partial charge in [0.2, 0.25) is 11.8 Å². The smallest absolute Gasteiger partial charge is 0.480 e. The van der Waals surface area contributed by atoms with Gasteiger partial charge in [0, 0.05) is 4.75 Å². The number of benzene rings is 4. The molecule has 0 radical (unpaired) electrons. The first-order valence-electron chi connectivity index (χ1n) is 16.4. The third kappa shape index (κ3) is 9.24. The summed E-state index contributed by atoms with van der Waals surface area (Å²) in [4.78, 5) is 51.1. The molecule has 0 bridgehead atoms. The molecule has 3 amide bonds. The van der Waals surface area contributed by atoms with E-state index in [1.54, 1.807) is 44.2 Å². The second-order valence-electron chi connectivity index (χ2n) is 12.4. The number of nitrogens with one attached hydrogen (secondary N) is 3. The van der Waals surface area contributed by atoms with Gasteiger partial charge in [-0.3, -0.25) is 14.7 Å². The molecule has 53 heavy (non-hydrogen) atoms. The summed E-state index contributed by atoms with van der Waals surface area (Å²) in [7, 11) is -0.446. The quantitative estimate of drug-likeness (QED) is 0.0709. The number of hydrogen-bond donors (Lipinski definition) is 4.